The van der Waals surface area contributed by atoms with Crippen molar-refractivity contribution in [2.45, 2.75) is 44.3 Å². The summed E-state index contributed by atoms with van der Waals surface area (Å²) in [5.41, 5.74) is 4.54. The van der Waals surface area contributed by atoms with Crippen molar-refractivity contribution in [2.75, 3.05) is 6.54 Å². The molecular weight excluding hydrogens is 392 g/mol. The van der Waals surface area contributed by atoms with E-state index >= 15 is 0 Å². The van der Waals surface area contributed by atoms with Gasteiger partial charge < -0.3 is 30.6 Å². The number of hydrogen-bond acceptors (Lipinski definition) is 6. The molecule has 2 amide bonds. The second kappa shape index (κ2) is 8.95. The molecule has 160 valence electrons. The molecule has 6 N–H and O–H groups in total. The summed E-state index contributed by atoms with van der Waals surface area (Å²) in [5, 5.41) is 21.4. The highest BCUT2D eigenvalue weighted by Gasteiger charge is 2.37. The van der Waals surface area contributed by atoms with Crippen LogP contribution >= 0.6 is 0 Å². The average molecular weight is 417 g/mol. The Morgan fingerprint density at radius 2 is 2.03 bits per heavy atom. The average Bonchev–Trinajstić information content (AvgIpc) is 3.38. The maximum atomic E-state index is 12.8. The highest BCUT2D eigenvalue weighted by molar-refractivity contribution is 5.97. The molecular formula is C20H25N4O6+. The lowest BCUT2D eigenvalue weighted by Gasteiger charge is -2.25. The molecule has 0 aliphatic carbocycles. The number of carboxylic acid groups (broad SMARTS) is 1. The van der Waals surface area contributed by atoms with Crippen LogP contribution in [0, 0.1) is 0 Å². The molecule has 1 aromatic carbocycles. The summed E-state index contributed by atoms with van der Waals surface area (Å²) in [6.07, 6.45) is 2.35. The first-order chi connectivity index (χ1) is 14.3. The molecule has 0 radical (unpaired) electrons. The zero-order valence-corrected chi connectivity index (χ0v) is 16.6. The van der Waals surface area contributed by atoms with Gasteiger partial charge in [0.25, 0.3) is 11.8 Å². The van der Waals surface area contributed by atoms with Gasteiger partial charge in [0.1, 0.15) is 24.1 Å². The Bertz CT molecular complexity index is 924. The minimum atomic E-state index is -1.18. The number of nitrogens with one attached hydrogen (secondary N) is 1. The van der Waals surface area contributed by atoms with Crippen LogP contribution < -0.4 is 11.1 Å². The molecule has 1 fully saturated rings. The summed E-state index contributed by atoms with van der Waals surface area (Å²) >= 11 is 0. The number of carboxylic acids is 1. The Morgan fingerprint density at radius 1 is 1.33 bits per heavy atom. The Morgan fingerprint density at radius 3 is 2.63 bits per heavy atom. The maximum absolute atomic E-state index is 12.8. The number of amides is 2. The third-order valence-electron chi connectivity index (χ3n) is 4.97. The fourth-order valence-corrected chi connectivity index (χ4v) is 3.38. The number of hydrogen-bond donors (Lipinski definition) is 4. The third-order valence-corrected chi connectivity index (χ3v) is 4.97. The number of oxazole rings is 1. The van der Waals surface area contributed by atoms with Gasteiger partial charge in [-0.3, -0.25) is 9.59 Å². The number of quaternary nitrogens is 1. The van der Waals surface area contributed by atoms with Crippen molar-refractivity contribution in [3.63, 3.8) is 0 Å². The van der Waals surface area contributed by atoms with Crippen molar-refractivity contribution < 1.29 is 34.7 Å². The van der Waals surface area contributed by atoms with Gasteiger partial charge in [-0.15, -0.1) is 0 Å². The van der Waals surface area contributed by atoms with E-state index in [-0.39, 0.29) is 23.9 Å². The molecule has 1 aliphatic heterocycles. The maximum Gasteiger partial charge on any atom is 0.326 e. The predicted octanol–water partition coefficient (Wildman–Crippen LogP) is 0.0998. The van der Waals surface area contributed by atoms with Crippen LogP contribution in [-0.2, 0) is 16.0 Å². The number of benzene rings is 1. The first-order valence-corrected chi connectivity index (χ1v) is 9.67. The summed E-state index contributed by atoms with van der Waals surface area (Å²) in [4.78, 5) is 42.8. The van der Waals surface area contributed by atoms with E-state index in [1.54, 1.807) is 19.1 Å². The quantitative estimate of drug-likeness (QED) is 0.497. The number of phenols is 1. The minimum Gasteiger partial charge on any atom is -0.508 e. The van der Waals surface area contributed by atoms with Crippen LogP contribution in [0.15, 0.2) is 34.9 Å². The Hall–Kier alpha value is -3.40. The molecule has 1 aromatic heterocycles. The molecule has 3 unspecified atom stereocenters. The van der Waals surface area contributed by atoms with Crippen molar-refractivity contribution >= 4 is 17.8 Å². The van der Waals surface area contributed by atoms with Crippen molar-refractivity contribution in [1.29, 1.82) is 0 Å². The zero-order valence-electron chi connectivity index (χ0n) is 16.6. The molecule has 1 saturated heterocycles. The van der Waals surface area contributed by atoms with Gasteiger partial charge in [-0.1, -0.05) is 12.1 Å². The fraction of sp³-hybridized carbons (Fsp3) is 0.400. The first-order valence-electron chi connectivity index (χ1n) is 9.67. The van der Waals surface area contributed by atoms with Gasteiger partial charge in [0, 0.05) is 13.0 Å². The van der Waals surface area contributed by atoms with Crippen LogP contribution in [0.25, 0.3) is 0 Å². The van der Waals surface area contributed by atoms with E-state index in [4.69, 9.17) is 4.42 Å². The SMILES string of the molecule is CC([NH3+])c1nc(C(=O)N2CCCC2C(=O)NC(Cc2ccc(O)cc2)C(=O)O)co1. The number of likely N-dealkylation sites (tertiary alicyclic amines) is 1. The van der Waals surface area contributed by atoms with Gasteiger partial charge in [-0.25, -0.2) is 9.78 Å². The van der Waals surface area contributed by atoms with Gasteiger partial charge >= 0.3 is 5.97 Å². The van der Waals surface area contributed by atoms with Crippen molar-refractivity contribution in [1.82, 2.24) is 15.2 Å². The number of phenolic OH excluding ortho intramolecular Hbond substituents is 1. The van der Waals surface area contributed by atoms with Crippen LogP contribution in [0.5, 0.6) is 5.75 Å². The largest absolute Gasteiger partial charge is 0.508 e. The predicted molar refractivity (Wildman–Crippen MR) is 103 cm³/mol. The van der Waals surface area contributed by atoms with E-state index in [2.05, 4.69) is 16.0 Å². The second-order valence-corrected chi connectivity index (χ2v) is 7.40. The van der Waals surface area contributed by atoms with Crippen LogP contribution in [0.1, 0.15) is 47.7 Å². The monoisotopic (exact) mass is 417 g/mol. The fourth-order valence-electron chi connectivity index (χ4n) is 3.38. The lowest BCUT2D eigenvalue weighted by Crippen LogP contribution is -2.52. The van der Waals surface area contributed by atoms with Crippen molar-refractivity contribution in [3.05, 3.63) is 47.7 Å². The number of carbonyl (C=O) groups excluding carboxylic acids is 2. The van der Waals surface area contributed by atoms with E-state index in [1.165, 1.54) is 23.3 Å². The smallest absolute Gasteiger partial charge is 0.326 e. The van der Waals surface area contributed by atoms with E-state index in [1.807, 2.05) is 0 Å². The number of aliphatic carboxylic acids is 1. The number of carbonyl (C=O) groups is 3. The Kier molecular flexibility index (Phi) is 6.36. The van der Waals surface area contributed by atoms with Crippen LogP contribution in [0.2, 0.25) is 0 Å². The van der Waals surface area contributed by atoms with Gasteiger partial charge in [-0.2, -0.15) is 0 Å². The van der Waals surface area contributed by atoms with Crippen molar-refractivity contribution in [2.24, 2.45) is 0 Å². The highest BCUT2D eigenvalue weighted by atomic mass is 16.4. The van der Waals surface area contributed by atoms with E-state index < -0.39 is 29.9 Å². The third kappa shape index (κ3) is 4.77. The van der Waals surface area contributed by atoms with E-state index in [9.17, 15) is 24.6 Å². The van der Waals surface area contributed by atoms with Crippen LogP contribution in [0.4, 0.5) is 0 Å². The van der Waals surface area contributed by atoms with Gasteiger partial charge in [-0.05, 0) is 37.5 Å². The summed E-state index contributed by atoms with van der Waals surface area (Å²) in [6, 6.07) is 3.92. The normalized spacial score (nSPS) is 18.1. The van der Waals surface area contributed by atoms with Crippen LogP contribution in [-0.4, -0.2) is 56.5 Å². The second-order valence-electron chi connectivity index (χ2n) is 7.40. The molecule has 10 nitrogen and oxygen atoms in total. The van der Waals surface area contributed by atoms with Gasteiger partial charge in [0.15, 0.2) is 11.7 Å². The molecule has 0 bridgehead atoms. The lowest BCUT2D eigenvalue weighted by molar-refractivity contribution is -0.425. The molecule has 0 saturated carbocycles. The van der Waals surface area contributed by atoms with Crippen LogP contribution in [0.3, 0.4) is 0 Å². The van der Waals surface area contributed by atoms with Gasteiger partial charge in [0.2, 0.25) is 5.91 Å². The summed E-state index contributed by atoms with van der Waals surface area (Å²) in [6.45, 7) is 2.15. The van der Waals surface area contributed by atoms with E-state index in [0.717, 1.165) is 0 Å². The molecule has 30 heavy (non-hydrogen) atoms. The molecule has 10 heteroatoms. The Balaban J connectivity index is 1.69. The molecule has 3 atom stereocenters. The summed E-state index contributed by atoms with van der Waals surface area (Å²) in [5.74, 6) is -1.75. The molecule has 1 aliphatic rings. The Labute approximate surface area is 172 Å². The lowest BCUT2D eigenvalue weighted by atomic mass is 10.0. The van der Waals surface area contributed by atoms with Crippen molar-refractivity contribution in [3.8, 4) is 5.75 Å². The summed E-state index contributed by atoms with van der Waals surface area (Å²) in [7, 11) is 0. The molecule has 3 rings (SSSR count). The van der Waals surface area contributed by atoms with Gasteiger partial charge in [0.05, 0.1) is 0 Å². The first kappa shape index (κ1) is 21.3. The summed E-state index contributed by atoms with van der Waals surface area (Å²) < 4.78 is 5.26. The topological polar surface area (TPSA) is 161 Å². The van der Waals surface area contributed by atoms with E-state index in [0.29, 0.717) is 30.8 Å². The number of nitrogens with zero attached hydrogens (tertiary/aromatic N) is 2. The minimum absolute atomic E-state index is 0.0516. The zero-order chi connectivity index (χ0) is 21.8. The number of aromatic nitrogens is 1. The molecule has 2 aromatic rings. The highest BCUT2D eigenvalue weighted by Crippen LogP contribution is 2.21. The molecule has 0 spiro atoms. The molecule has 2 heterocycles. The number of rotatable bonds is 7. The number of aromatic hydroxyl groups is 1. The standard InChI is InChI=1S/C20H24N4O6/c1-11(21)18-23-15(10-30-18)19(27)24-8-2-3-16(24)17(26)22-14(20(28)29)9-12-4-6-13(25)7-5-12/h4-7,10-11,14,16,25H,2-3,8-9,21H2,1H3,(H,22,26)(H,28,29)/p+1.